The molecular formula is C28H37ClFN7O4. The summed E-state index contributed by atoms with van der Waals surface area (Å²) in [6.45, 7) is 18.8. The lowest BCUT2D eigenvalue weighted by Crippen LogP contribution is -2.55. The number of anilines is 1. The summed E-state index contributed by atoms with van der Waals surface area (Å²) in [5.74, 6) is -1.60. The lowest BCUT2D eigenvalue weighted by Gasteiger charge is -2.41. The minimum Gasteiger partial charge on any atom is -0.444 e. The Labute approximate surface area is 244 Å². The van der Waals surface area contributed by atoms with Crippen molar-refractivity contribution in [2.75, 3.05) is 24.5 Å². The largest absolute Gasteiger partial charge is 0.444 e. The average molecular weight is 590 g/mol. The van der Waals surface area contributed by atoms with Crippen LogP contribution in [0.5, 0.6) is 0 Å². The van der Waals surface area contributed by atoms with Crippen LogP contribution >= 0.6 is 11.6 Å². The van der Waals surface area contributed by atoms with E-state index in [1.807, 2.05) is 34.6 Å². The van der Waals surface area contributed by atoms with Crippen molar-refractivity contribution in [3.05, 3.63) is 56.1 Å². The van der Waals surface area contributed by atoms with Gasteiger partial charge in [0.2, 0.25) is 0 Å². The van der Waals surface area contributed by atoms with Gasteiger partial charge >= 0.3 is 11.8 Å². The van der Waals surface area contributed by atoms with Crippen LogP contribution < -0.4 is 10.6 Å². The van der Waals surface area contributed by atoms with E-state index in [4.69, 9.17) is 16.3 Å². The fourth-order valence-electron chi connectivity index (χ4n) is 4.60. The molecule has 0 bridgehead atoms. The fraction of sp³-hybridized carbons (Fsp3) is 0.536. The second-order valence-electron chi connectivity index (χ2n) is 11.6. The van der Waals surface area contributed by atoms with Crippen LogP contribution in [0.3, 0.4) is 0 Å². The van der Waals surface area contributed by atoms with Crippen molar-refractivity contribution >= 4 is 35.4 Å². The number of carbonyl (C=O) groups is 1. The van der Waals surface area contributed by atoms with E-state index in [-0.39, 0.29) is 60.4 Å². The molecule has 1 aliphatic heterocycles. The van der Waals surface area contributed by atoms with E-state index >= 15 is 4.39 Å². The van der Waals surface area contributed by atoms with Crippen LogP contribution in [0.2, 0.25) is 0 Å². The number of allylic oxidation sites excluding steroid dienone is 2. The Kier molecular flexibility index (Phi) is 9.68. The molecule has 0 aromatic carbocycles. The molecule has 2 aromatic rings. The maximum atomic E-state index is 15.0. The van der Waals surface area contributed by atoms with Gasteiger partial charge in [-0.15, -0.1) is 4.91 Å². The number of piperazine rings is 1. The van der Waals surface area contributed by atoms with Crippen LogP contribution in [-0.2, 0) is 4.74 Å². The predicted octanol–water partition coefficient (Wildman–Crippen LogP) is 6.18. The Morgan fingerprint density at radius 1 is 1.20 bits per heavy atom. The van der Waals surface area contributed by atoms with Gasteiger partial charge in [-0.05, 0) is 50.8 Å². The van der Waals surface area contributed by atoms with Gasteiger partial charge in [0, 0.05) is 25.7 Å². The van der Waals surface area contributed by atoms with Crippen molar-refractivity contribution < 1.29 is 13.9 Å². The van der Waals surface area contributed by atoms with E-state index in [9.17, 15) is 14.5 Å². The number of ether oxygens (including phenoxy) is 1. The zero-order chi connectivity index (χ0) is 30.8. The summed E-state index contributed by atoms with van der Waals surface area (Å²) >= 11 is 5.84. The predicted molar refractivity (Wildman–Crippen MR) is 158 cm³/mol. The molecule has 1 aliphatic rings. The van der Waals surface area contributed by atoms with Crippen LogP contribution in [-0.4, -0.2) is 61.8 Å². The molecule has 1 atom stereocenters. The Balaban J connectivity index is 2.27. The third-order valence-electron chi connectivity index (χ3n) is 6.45. The Morgan fingerprint density at radius 2 is 1.78 bits per heavy atom. The smallest absolute Gasteiger partial charge is 0.410 e. The molecule has 0 radical (unpaired) electrons. The maximum Gasteiger partial charge on any atom is 0.410 e. The van der Waals surface area contributed by atoms with Crippen molar-refractivity contribution in [2.45, 2.75) is 78.9 Å². The highest BCUT2D eigenvalue weighted by Gasteiger charge is 2.34. The summed E-state index contributed by atoms with van der Waals surface area (Å²) in [5, 5.41) is 2.81. The quantitative estimate of drug-likeness (QED) is 0.277. The SMILES string of the molecule is C=C(Cl)/C(F)=C\c1c(N2CCN(C(=O)OC(C)(C)C)C[C@@H]2C)nc(=O)n(-c2c(C(C)C)ncnc2C(C)C)c1N=O. The minimum absolute atomic E-state index is 0.0271. The van der Waals surface area contributed by atoms with Gasteiger partial charge < -0.3 is 14.5 Å². The van der Waals surface area contributed by atoms with Gasteiger partial charge in [-0.2, -0.15) is 4.98 Å². The van der Waals surface area contributed by atoms with Gasteiger partial charge in [0.05, 0.1) is 27.7 Å². The third kappa shape index (κ3) is 6.98. The molecule has 0 aliphatic carbocycles. The summed E-state index contributed by atoms with van der Waals surface area (Å²) in [7, 11) is 0. The van der Waals surface area contributed by atoms with Crippen molar-refractivity contribution in [1.29, 1.82) is 0 Å². The monoisotopic (exact) mass is 589 g/mol. The van der Waals surface area contributed by atoms with Crippen LogP contribution in [0.25, 0.3) is 11.8 Å². The molecule has 0 N–H and O–H groups in total. The van der Waals surface area contributed by atoms with Gasteiger partial charge in [0.1, 0.15) is 23.6 Å². The van der Waals surface area contributed by atoms with Gasteiger partial charge in [0.15, 0.2) is 5.82 Å². The van der Waals surface area contributed by atoms with Gasteiger partial charge in [-0.1, -0.05) is 45.9 Å². The Morgan fingerprint density at radius 3 is 2.24 bits per heavy atom. The molecule has 0 saturated carbocycles. The molecule has 11 nitrogen and oxygen atoms in total. The lowest BCUT2D eigenvalue weighted by molar-refractivity contribution is 0.0218. The first-order chi connectivity index (χ1) is 19.1. The second-order valence-corrected chi connectivity index (χ2v) is 12.0. The Hall–Kier alpha value is -3.67. The molecule has 2 aromatic heterocycles. The van der Waals surface area contributed by atoms with E-state index in [1.165, 1.54) is 6.33 Å². The molecular weight excluding hydrogens is 553 g/mol. The molecule has 3 rings (SSSR count). The maximum absolute atomic E-state index is 15.0. The number of aromatic nitrogens is 4. The summed E-state index contributed by atoms with van der Waals surface area (Å²) < 4.78 is 21.5. The zero-order valence-corrected chi connectivity index (χ0v) is 25.5. The number of hydrogen-bond donors (Lipinski definition) is 0. The number of carbonyl (C=O) groups excluding carboxylic acids is 1. The van der Waals surface area contributed by atoms with E-state index in [0.29, 0.717) is 11.4 Å². The van der Waals surface area contributed by atoms with Crippen molar-refractivity contribution in [3.63, 3.8) is 0 Å². The van der Waals surface area contributed by atoms with E-state index in [2.05, 4.69) is 26.7 Å². The van der Waals surface area contributed by atoms with Gasteiger partial charge in [-0.25, -0.2) is 28.5 Å². The molecule has 1 amide bonds. The summed E-state index contributed by atoms with van der Waals surface area (Å²) in [6, 6.07) is -0.384. The standard InChI is InChI=1S/C28H37ClFN7O4/c1-15(2)21-23(22(16(3)4)32-14-31-21)37-25(34-40)19(12-20(30)18(6)29)24(33-26(37)38)36-11-10-35(13-17(36)5)27(39)41-28(7,8)9/h12,14-17H,6,10-11,13H2,1-5,7-9H3/b20-12+/t17-/m0/s1. The van der Waals surface area contributed by atoms with Crippen molar-refractivity contribution in [3.8, 4) is 5.69 Å². The average Bonchev–Trinajstić information content (AvgIpc) is 2.87. The second kappa shape index (κ2) is 12.5. The number of amides is 1. The molecule has 1 saturated heterocycles. The topological polar surface area (TPSA) is 123 Å². The van der Waals surface area contributed by atoms with E-state index in [0.717, 1.165) is 10.6 Å². The molecule has 0 unspecified atom stereocenters. The molecule has 3 heterocycles. The van der Waals surface area contributed by atoms with Crippen LogP contribution in [0, 0.1) is 4.91 Å². The summed E-state index contributed by atoms with van der Waals surface area (Å²) in [5.41, 5.74) is -0.262. The summed E-state index contributed by atoms with van der Waals surface area (Å²) in [6.07, 6.45) is 1.92. The number of halogens is 2. The highest BCUT2D eigenvalue weighted by molar-refractivity contribution is 6.31. The molecule has 1 fully saturated rings. The molecule has 0 spiro atoms. The fourth-order valence-corrected chi connectivity index (χ4v) is 4.66. The van der Waals surface area contributed by atoms with Crippen LogP contribution in [0.15, 0.2) is 33.7 Å². The highest BCUT2D eigenvalue weighted by atomic mass is 35.5. The molecule has 13 heteroatoms. The number of nitroso groups, excluding NO2 is 1. The first-order valence-corrected chi connectivity index (χ1v) is 13.8. The number of hydrogen-bond acceptors (Lipinski definition) is 9. The molecule has 41 heavy (non-hydrogen) atoms. The highest BCUT2D eigenvalue weighted by Crippen LogP contribution is 2.37. The number of rotatable bonds is 7. The van der Waals surface area contributed by atoms with E-state index < -0.39 is 28.2 Å². The van der Waals surface area contributed by atoms with Gasteiger partial charge in [-0.3, -0.25) is 0 Å². The molecule has 222 valence electrons. The van der Waals surface area contributed by atoms with Crippen LogP contribution in [0.4, 0.5) is 20.8 Å². The third-order valence-corrected chi connectivity index (χ3v) is 6.63. The van der Waals surface area contributed by atoms with Crippen molar-refractivity contribution in [1.82, 2.24) is 24.4 Å². The van der Waals surface area contributed by atoms with Crippen LogP contribution in [0.1, 0.15) is 84.2 Å². The van der Waals surface area contributed by atoms with E-state index in [1.54, 1.807) is 30.6 Å². The number of nitrogens with zero attached hydrogens (tertiary/aromatic N) is 7. The first kappa shape index (κ1) is 31.9. The lowest BCUT2D eigenvalue weighted by atomic mass is 10.0. The zero-order valence-electron chi connectivity index (χ0n) is 24.7. The Bertz CT molecular complexity index is 1410. The van der Waals surface area contributed by atoms with Crippen molar-refractivity contribution in [2.24, 2.45) is 5.18 Å². The minimum atomic E-state index is -0.928. The van der Waals surface area contributed by atoms with Gasteiger partial charge in [0.25, 0.3) is 0 Å². The summed E-state index contributed by atoms with van der Waals surface area (Å²) in [4.78, 5) is 55.3. The normalized spacial score (nSPS) is 16.4. The first-order valence-electron chi connectivity index (χ1n) is 13.4.